The molecule has 1 aromatic heterocycles. The minimum atomic E-state index is -0.811. The van der Waals surface area contributed by atoms with Crippen molar-refractivity contribution in [3.63, 3.8) is 0 Å². The van der Waals surface area contributed by atoms with E-state index in [-0.39, 0.29) is 6.10 Å². The number of hydrogen-bond donors (Lipinski definition) is 2. The molecule has 1 aliphatic rings. The highest BCUT2D eigenvalue weighted by Gasteiger charge is 2.39. The Labute approximate surface area is 117 Å². The number of pyridine rings is 1. The van der Waals surface area contributed by atoms with Crippen LogP contribution in [0.2, 0.25) is 0 Å². The fourth-order valence-electron chi connectivity index (χ4n) is 1.78. The van der Waals surface area contributed by atoms with Gasteiger partial charge in [-0.3, -0.25) is 0 Å². The number of aliphatic hydroxyl groups is 1. The number of ether oxygens (including phenoxy) is 1. The van der Waals surface area contributed by atoms with E-state index in [2.05, 4.69) is 42.2 Å². The summed E-state index contributed by atoms with van der Waals surface area (Å²) in [6, 6.07) is 1.91. The summed E-state index contributed by atoms with van der Waals surface area (Å²) in [6.45, 7) is 2.93. The summed E-state index contributed by atoms with van der Waals surface area (Å²) in [6.07, 6.45) is 2.21. The highest BCUT2D eigenvalue weighted by molar-refractivity contribution is 9.11. The quantitative estimate of drug-likeness (QED) is 0.864. The maximum atomic E-state index is 10.3. The Morgan fingerprint density at radius 3 is 3.00 bits per heavy atom. The third kappa shape index (κ3) is 2.99. The molecule has 1 aliphatic heterocycles. The van der Waals surface area contributed by atoms with Gasteiger partial charge >= 0.3 is 0 Å². The number of aromatic nitrogens is 1. The van der Waals surface area contributed by atoms with Gasteiger partial charge in [0, 0.05) is 30.2 Å². The van der Waals surface area contributed by atoms with Gasteiger partial charge in [0.2, 0.25) is 0 Å². The molecule has 0 radical (unpaired) electrons. The molecule has 2 heterocycles. The summed E-state index contributed by atoms with van der Waals surface area (Å²) in [4.78, 5) is 4.24. The molecule has 0 saturated carbocycles. The number of nitrogens with one attached hydrogen (secondary N) is 1. The number of hydrogen-bond acceptors (Lipinski definition) is 4. The van der Waals surface area contributed by atoms with E-state index in [1.54, 1.807) is 6.20 Å². The summed E-state index contributed by atoms with van der Waals surface area (Å²) in [5.74, 6) is 0.723. The van der Waals surface area contributed by atoms with E-state index >= 15 is 0 Å². The smallest absolute Gasteiger partial charge is 0.140 e. The molecule has 1 saturated heterocycles. The van der Waals surface area contributed by atoms with Crippen LogP contribution in [-0.2, 0) is 4.74 Å². The second-order valence-corrected chi connectivity index (χ2v) is 5.97. The molecule has 4 nitrogen and oxygen atoms in total. The summed E-state index contributed by atoms with van der Waals surface area (Å²) < 4.78 is 7.15. The lowest BCUT2D eigenvalue weighted by Crippen LogP contribution is -2.43. The molecule has 0 bridgehead atoms. The molecule has 0 aliphatic carbocycles. The molecule has 0 aromatic carbocycles. The molecule has 0 amide bonds. The summed E-state index contributed by atoms with van der Waals surface area (Å²) in [5, 5.41) is 13.5. The van der Waals surface area contributed by atoms with Crippen molar-refractivity contribution in [3.05, 3.63) is 21.2 Å². The zero-order valence-corrected chi connectivity index (χ0v) is 12.6. The first-order chi connectivity index (χ1) is 8.01. The van der Waals surface area contributed by atoms with Gasteiger partial charge in [-0.05, 0) is 44.8 Å². The van der Waals surface area contributed by atoms with Crippen molar-refractivity contribution in [1.29, 1.82) is 0 Å². The van der Waals surface area contributed by atoms with Gasteiger partial charge in [0.1, 0.15) is 11.4 Å². The molecule has 2 N–H and O–H groups in total. The Kier molecular flexibility index (Phi) is 4.07. The lowest BCUT2D eigenvalue weighted by atomic mass is 9.97. The van der Waals surface area contributed by atoms with Crippen LogP contribution in [0, 0.1) is 0 Å². The molecule has 6 heteroatoms. The van der Waals surface area contributed by atoms with E-state index < -0.39 is 5.60 Å². The van der Waals surface area contributed by atoms with Crippen LogP contribution < -0.4 is 5.32 Å². The predicted molar refractivity (Wildman–Crippen MR) is 73.1 cm³/mol. The van der Waals surface area contributed by atoms with Crippen molar-refractivity contribution >= 4 is 37.7 Å². The first-order valence-electron chi connectivity index (χ1n) is 5.40. The zero-order valence-electron chi connectivity index (χ0n) is 9.41. The van der Waals surface area contributed by atoms with Crippen LogP contribution in [0.4, 0.5) is 5.82 Å². The fourth-order valence-corrected chi connectivity index (χ4v) is 2.91. The SMILES string of the molecule is CC1OCCC1(O)CNc1ncc(Br)cc1Br. The normalized spacial score (nSPS) is 28.4. The van der Waals surface area contributed by atoms with Gasteiger partial charge in [0.15, 0.2) is 0 Å². The third-order valence-electron chi connectivity index (χ3n) is 3.03. The molecule has 1 fully saturated rings. The fraction of sp³-hybridized carbons (Fsp3) is 0.545. The maximum absolute atomic E-state index is 10.3. The van der Waals surface area contributed by atoms with Crippen molar-refractivity contribution < 1.29 is 9.84 Å². The van der Waals surface area contributed by atoms with Gasteiger partial charge in [-0.25, -0.2) is 4.98 Å². The van der Waals surface area contributed by atoms with E-state index in [1.165, 1.54) is 0 Å². The van der Waals surface area contributed by atoms with E-state index in [0.717, 1.165) is 14.8 Å². The Morgan fingerprint density at radius 1 is 1.65 bits per heavy atom. The Hall–Kier alpha value is -0.170. The largest absolute Gasteiger partial charge is 0.385 e. The Morgan fingerprint density at radius 2 is 2.41 bits per heavy atom. The molecular formula is C11H14Br2N2O2. The summed E-state index contributed by atoms with van der Waals surface area (Å²) in [5.41, 5.74) is -0.811. The molecule has 2 unspecified atom stereocenters. The highest BCUT2D eigenvalue weighted by Crippen LogP contribution is 2.28. The van der Waals surface area contributed by atoms with Crippen molar-refractivity contribution in [1.82, 2.24) is 4.98 Å². The average molecular weight is 366 g/mol. The van der Waals surface area contributed by atoms with Gasteiger partial charge in [-0.2, -0.15) is 0 Å². The number of rotatable bonds is 3. The molecule has 0 spiro atoms. The lowest BCUT2D eigenvalue weighted by Gasteiger charge is -2.26. The third-order valence-corrected chi connectivity index (χ3v) is 4.07. The van der Waals surface area contributed by atoms with Crippen LogP contribution >= 0.6 is 31.9 Å². The van der Waals surface area contributed by atoms with Crippen LogP contribution in [0.15, 0.2) is 21.2 Å². The van der Waals surface area contributed by atoms with E-state index in [0.29, 0.717) is 19.6 Å². The summed E-state index contributed by atoms with van der Waals surface area (Å²) >= 11 is 6.77. The standard InChI is InChI=1S/C11H14Br2N2O2/c1-7-11(16,2-3-17-7)6-15-10-9(13)4-8(12)5-14-10/h4-5,7,16H,2-3,6H2,1H3,(H,14,15). The minimum absolute atomic E-state index is 0.149. The maximum Gasteiger partial charge on any atom is 0.140 e. The van der Waals surface area contributed by atoms with Crippen LogP contribution in [0.25, 0.3) is 0 Å². The van der Waals surface area contributed by atoms with Crippen LogP contribution in [0.3, 0.4) is 0 Å². The van der Waals surface area contributed by atoms with Crippen molar-refractivity contribution in [3.8, 4) is 0 Å². The van der Waals surface area contributed by atoms with Gasteiger partial charge in [-0.15, -0.1) is 0 Å². The van der Waals surface area contributed by atoms with Gasteiger partial charge < -0.3 is 15.2 Å². The summed E-state index contributed by atoms with van der Waals surface area (Å²) in [7, 11) is 0. The average Bonchev–Trinajstić information content (AvgIpc) is 2.59. The Balaban J connectivity index is 2.02. The molecular weight excluding hydrogens is 352 g/mol. The van der Waals surface area contributed by atoms with E-state index in [1.807, 2.05) is 13.0 Å². The van der Waals surface area contributed by atoms with Crippen LogP contribution in [-0.4, -0.2) is 34.9 Å². The molecule has 2 atom stereocenters. The number of halogens is 2. The highest BCUT2D eigenvalue weighted by atomic mass is 79.9. The topological polar surface area (TPSA) is 54.4 Å². The van der Waals surface area contributed by atoms with Crippen LogP contribution in [0.1, 0.15) is 13.3 Å². The molecule has 94 valence electrons. The Bertz CT molecular complexity index is 416. The zero-order chi connectivity index (χ0) is 12.5. The second kappa shape index (κ2) is 5.22. The number of nitrogens with zero attached hydrogens (tertiary/aromatic N) is 1. The van der Waals surface area contributed by atoms with E-state index in [9.17, 15) is 5.11 Å². The van der Waals surface area contributed by atoms with Crippen molar-refractivity contribution in [2.75, 3.05) is 18.5 Å². The predicted octanol–water partition coefficient (Wildman–Crippen LogP) is 2.56. The van der Waals surface area contributed by atoms with Crippen LogP contribution in [0.5, 0.6) is 0 Å². The lowest BCUT2D eigenvalue weighted by molar-refractivity contribution is -0.0176. The number of anilines is 1. The molecule has 1 aromatic rings. The van der Waals surface area contributed by atoms with Crippen molar-refractivity contribution in [2.24, 2.45) is 0 Å². The minimum Gasteiger partial charge on any atom is -0.385 e. The van der Waals surface area contributed by atoms with E-state index in [4.69, 9.17) is 4.74 Å². The van der Waals surface area contributed by atoms with Gasteiger partial charge in [-0.1, -0.05) is 0 Å². The van der Waals surface area contributed by atoms with Gasteiger partial charge in [0.05, 0.1) is 10.6 Å². The first-order valence-corrected chi connectivity index (χ1v) is 6.99. The molecule has 2 rings (SSSR count). The second-order valence-electron chi connectivity index (χ2n) is 4.20. The monoisotopic (exact) mass is 364 g/mol. The molecule has 17 heavy (non-hydrogen) atoms. The van der Waals surface area contributed by atoms with Gasteiger partial charge in [0.25, 0.3) is 0 Å². The first kappa shape index (κ1) is 13.3. The van der Waals surface area contributed by atoms with Crippen molar-refractivity contribution in [2.45, 2.75) is 25.0 Å².